The summed E-state index contributed by atoms with van der Waals surface area (Å²) in [6.07, 6.45) is 2.63. The van der Waals surface area contributed by atoms with E-state index in [2.05, 4.69) is 4.99 Å². The maximum atomic E-state index is 11.7. The fraction of sp³-hybridized carbons (Fsp3) is 0.889. The Morgan fingerprint density at radius 1 is 1.53 bits per heavy atom. The van der Waals surface area contributed by atoms with Crippen LogP contribution in [0.1, 0.15) is 26.7 Å². The molecule has 6 heteroatoms. The predicted molar refractivity (Wildman–Crippen MR) is 56.5 cm³/mol. The van der Waals surface area contributed by atoms with E-state index >= 15 is 0 Å². The zero-order valence-electron chi connectivity index (χ0n) is 9.01. The molecule has 0 saturated carbocycles. The van der Waals surface area contributed by atoms with Crippen molar-refractivity contribution in [2.45, 2.75) is 32.9 Å². The number of aliphatic imine (C=N–C) groups is 1. The minimum atomic E-state index is -3.26. The van der Waals surface area contributed by atoms with Crippen LogP contribution in [0.25, 0.3) is 0 Å². The number of nitrogens with zero attached hydrogens (tertiary/aromatic N) is 2. The third-order valence-electron chi connectivity index (χ3n) is 2.75. The average Bonchev–Trinajstić information content (AvgIpc) is 2.21. The minimum absolute atomic E-state index is 0.0462. The molecule has 0 aromatic heterocycles. The third kappa shape index (κ3) is 2.65. The topological polar surface area (TPSA) is 66.8 Å². The largest absolute Gasteiger partial charge is 0.236 e. The second kappa shape index (κ2) is 4.88. The van der Waals surface area contributed by atoms with Crippen LogP contribution in [0.5, 0.6) is 0 Å². The molecule has 1 saturated heterocycles. The molecule has 15 heavy (non-hydrogen) atoms. The zero-order chi connectivity index (χ0) is 11.5. The quantitative estimate of drug-likeness (QED) is 0.532. The molecule has 2 atom stereocenters. The van der Waals surface area contributed by atoms with Crippen molar-refractivity contribution >= 4 is 16.1 Å². The molecule has 1 rings (SSSR count). The van der Waals surface area contributed by atoms with E-state index in [1.807, 2.05) is 6.92 Å². The summed E-state index contributed by atoms with van der Waals surface area (Å²) in [5, 5.41) is 0. The van der Waals surface area contributed by atoms with Crippen molar-refractivity contribution in [2.24, 2.45) is 10.9 Å². The van der Waals surface area contributed by atoms with Gasteiger partial charge in [-0.1, -0.05) is 6.92 Å². The molecule has 2 unspecified atom stereocenters. The van der Waals surface area contributed by atoms with Crippen molar-refractivity contribution in [1.29, 1.82) is 0 Å². The molecule has 1 heterocycles. The molecule has 0 aliphatic carbocycles. The highest BCUT2D eigenvalue weighted by molar-refractivity contribution is 7.89. The number of sulfonamides is 1. The van der Waals surface area contributed by atoms with Gasteiger partial charge >= 0.3 is 0 Å². The summed E-state index contributed by atoms with van der Waals surface area (Å²) >= 11 is 0. The SMILES string of the molecule is CCS(=O)(=O)N1CCCC(C)C1N=C=O. The first-order valence-electron chi connectivity index (χ1n) is 5.09. The second-order valence-electron chi connectivity index (χ2n) is 3.76. The van der Waals surface area contributed by atoms with Crippen molar-refractivity contribution < 1.29 is 13.2 Å². The summed E-state index contributed by atoms with van der Waals surface area (Å²) in [7, 11) is -3.26. The Balaban J connectivity index is 2.99. The van der Waals surface area contributed by atoms with E-state index in [0.29, 0.717) is 6.54 Å². The van der Waals surface area contributed by atoms with Crippen LogP contribution in [0, 0.1) is 5.92 Å². The lowest BCUT2D eigenvalue weighted by Crippen LogP contribution is -2.47. The first kappa shape index (κ1) is 12.4. The molecule has 0 N–H and O–H groups in total. The summed E-state index contributed by atoms with van der Waals surface area (Å²) in [6, 6.07) is 0. The maximum absolute atomic E-state index is 11.7. The number of rotatable bonds is 3. The molecule has 0 spiro atoms. The van der Waals surface area contributed by atoms with Gasteiger partial charge in [-0.3, -0.25) is 0 Å². The molecule has 5 nitrogen and oxygen atoms in total. The van der Waals surface area contributed by atoms with Gasteiger partial charge in [0, 0.05) is 6.54 Å². The normalized spacial score (nSPS) is 28.4. The molecule has 1 aliphatic heterocycles. The fourth-order valence-electron chi connectivity index (χ4n) is 1.85. The second-order valence-corrected chi connectivity index (χ2v) is 5.97. The van der Waals surface area contributed by atoms with Crippen LogP contribution >= 0.6 is 0 Å². The van der Waals surface area contributed by atoms with Crippen molar-refractivity contribution in [3.05, 3.63) is 0 Å². The Morgan fingerprint density at radius 2 is 2.20 bits per heavy atom. The van der Waals surface area contributed by atoms with Crippen molar-refractivity contribution in [3.8, 4) is 0 Å². The van der Waals surface area contributed by atoms with E-state index < -0.39 is 16.2 Å². The highest BCUT2D eigenvalue weighted by Crippen LogP contribution is 2.26. The van der Waals surface area contributed by atoms with E-state index in [9.17, 15) is 13.2 Å². The van der Waals surface area contributed by atoms with Gasteiger partial charge in [0.15, 0.2) is 0 Å². The van der Waals surface area contributed by atoms with Gasteiger partial charge in [-0.2, -0.15) is 9.30 Å². The molecule has 0 bridgehead atoms. The molecule has 0 aromatic rings. The van der Waals surface area contributed by atoms with E-state index in [1.54, 1.807) is 6.92 Å². The number of hydrogen-bond acceptors (Lipinski definition) is 4. The molecule has 0 radical (unpaired) electrons. The van der Waals surface area contributed by atoms with Crippen LogP contribution < -0.4 is 0 Å². The molecule has 86 valence electrons. The van der Waals surface area contributed by atoms with Crippen molar-refractivity contribution in [3.63, 3.8) is 0 Å². The predicted octanol–water partition coefficient (Wildman–Crippen LogP) is 0.730. The number of isocyanates is 1. The Kier molecular flexibility index (Phi) is 4.02. The van der Waals surface area contributed by atoms with Crippen LogP contribution in [0.15, 0.2) is 4.99 Å². The summed E-state index contributed by atoms with van der Waals surface area (Å²) in [5.41, 5.74) is 0. The Hall–Kier alpha value is -0.710. The summed E-state index contributed by atoms with van der Waals surface area (Å²) < 4.78 is 24.8. The Labute approximate surface area is 90.2 Å². The van der Waals surface area contributed by atoms with E-state index in [1.165, 1.54) is 10.4 Å². The van der Waals surface area contributed by atoms with Gasteiger partial charge < -0.3 is 0 Å². The highest BCUT2D eigenvalue weighted by Gasteiger charge is 2.35. The van der Waals surface area contributed by atoms with E-state index in [0.717, 1.165) is 12.8 Å². The van der Waals surface area contributed by atoms with Gasteiger partial charge in [0.1, 0.15) is 6.17 Å². The van der Waals surface area contributed by atoms with Gasteiger partial charge in [-0.15, -0.1) is 0 Å². The minimum Gasteiger partial charge on any atom is -0.212 e. The van der Waals surface area contributed by atoms with Gasteiger partial charge in [-0.25, -0.2) is 13.2 Å². The van der Waals surface area contributed by atoms with Crippen LogP contribution in [-0.2, 0) is 14.8 Å². The Morgan fingerprint density at radius 3 is 2.73 bits per heavy atom. The molecular weight excluding hydrogens is 216 g/mol. The van der Waals surface area contributed by atoms with Crippen LogP contribution in [0.2, 0.25) is 0 Å². The summed E-state index contributed by atoms with van der Waals surface area (Å²) in [6.45, 7) is 3.95. The molecule has 1 aliphatic rings. The lowest BCUT2D eigenvalue weighted by Gasteiger charge is -2.35. The first-order valence-corrected chi connectivity index (χ1v) is 6.70. The molecular formula is C9H16N2O3S. The monoisotopic (exact) mass is 232 g/mol. The van der Waals surface area contributed by atoms with Gasteiger partial charge in [-0.05, 0) is 25.7 Å². The highest BCUT2D eigenvalue weighted by atomic mass is 32.2. The van der Waals surface area contributed by atoms with Gasteiger partial charge in [0.2, 0.25) is 16.1 Å². The van der Waals surface area contributed by atoms with Crippen LogP contribution in [0.3, 0.4) is 0 Å². The molecule has 0 aromatic carbocycles. The lowest BCUT2D eigenvalue weighted by atomic mass is 9.98. The van der Waals surface area contributed by atoms with E-state index in [-0.39, 0.29) is 11.7 Å². The van der Waals surface area contributed by atoms with Gasteiger partial charge in [0.05, 0.1) is 5.75 Å². The molecule has 0 amide bonds. The maximum Gasteiger partial charge on any atom is 0.236 e. The van der Waals surface area contributed by atoms with Crippen molar-refractivity contribution in [1.82, 2.24) is 4.31 Å². The number of piperidine rings is 1. The summed E-state index contributed by atoms with van der Waals surface area (Å²) in [4.78, 5) is 13.9. The first-order chi connectivity index (χ1) is 7.03. The van der Waals surface area contributed by atoms with E-state index in [4.69, 9.17) is 0 Å². The number of carbonyl (C=O) groups excluding carboxylic acids is 1. The number of hydrogen-bond donors (Lipinski definition) is 0. The average molecular weight is 232 g/mol. The van der Waals surface area contributed by atoms with Crippen molar-refractivity contribution in [2.75, 3.05) is 12.3 Å². The summed E-state index contributed by atoms with van der Waals surface area (Å²) in [5.74, 6) is 0.131. The van der Waals surface area contributed by atoms with Crippen LogP contribution in [0.4, 0.5) is 0 Å². The Bertz CT molecular complexity index is 360. The fourth-order valence-corrected chi connectivity index (χ4v) is 3.17. The smallest absolute Gasteiger partial charge is 0.212 e. The molecule has 1 fully saturated rings. The standard InChI is InChI=1S/C9H16N2O3S/c1-3-15(13,14)11-6-4-5-8(2)9(11)10-7-12/h8-9H,3-6H2,1-2H3. The lowest BCUT2D eigenvalue weighted by molar-refractivity contribution is 0.194. The van der Waals surface area contributed by atoms with Gasteiger partial charge in [0.25, 0.3) is 0 Å². The zero-order valence-corrected chi connectivity index (χ0v) is 9.83. The third-order valence-corrected chi connectivity index (χ3v) is 4.59. The van der Waals surface area contributed by atoms with Crippen LogP contribution in [-0.4, -0.2) is 37.3 Å².